The van der Waals surface area contributed by atoms with Crippen molar-refractivity contribution < 1.29 is 19.2 Å². The Labute approximate surface area is 206 Å². The summed E-state index contributed by atoms with van der Waals surface area (Å²) in [5, 5.41) is 5.67. The molecule has 1 aromatic carbocycles. The van der Waals surface area contributed by atoms with Crippen molar-refractivity contribution in [3.8, 4) is 0 Å². The van der Waals surface area contributed by atoms with Crippen LogP contribution >= 0.6 is 0 Å². The lowest BCUT2D eigenvalue weighted by atomic mass is 9.92. The van der Waals surface area contributed by atoms with Crippen LogP contribution in [0.3, 0.4) is 0 Å². The number of rotatable bonds is 7. The third-order valence-corrected chi connectivity index (χ3v) is 7.96. The van der Waals surface area contributed by atoms with Crippen LogP contribution in [0.1, 0.15) is 65.7 Å². The minimum absolute atomic E-state index is 0.122. The molecule has 3 fully saturated rings. The van der Waals surface area contributed by atoms with E-state index in [1.165, 1.54) is 45.2 Å². The maximum Gasteiger partial charge on any atom is 0.262 e. The minimum Gasteiger partial charge on any atom is -0.369 e. The van der Waals surface area contributed by atoms with E-state index in [1.807, 2.05) is 6.07 Å². The molecule has 0 aliphatic carbocycles. The van der Waals surface area contributed by atoms with E-state index >= 15 is 0 Å². The molecule has 0 aromatic heterocycles. The van der Waals surface area contributed by atoms with Crippen LogP contribution < -0.4 is 15.5 Å². The van der Waals surface area contributed by atoms with E-state index in [2.05, 4.69) is 20.4 Å². The first-order valence-electron chi connectivity index (χ1n) is 13.0. The standard InChI is InChI=1S/C26H35N5O4/c32-23-7-6-22(24(33)28-23)31-25(34)20-5-4-19(17-21(20)26(31)35)30-15-13-29(14-16-30)12-2-1-3-18-8-10-27-11-9-18/h4-5,17-18,22,27H,1-3,6-16H2,(H,28,32,33). The first-order chi connectivity index (χ1) is 17.0. The number of carbonyl (C=O) groups is 4. The number of benzene rings is 1. The van der Waals surface area contributed by atoms with Gasteiger partial charge in [0.15, 0.2) is 0 Å². The normalized spacial score (nSPS) is 24.2. The van der Waals surface area contributed by atoms with E-state index in [0.29, 0.717) is 11.1 Å². The van der Waals surface area contributed by atoms with Gasteiger partial charge in [-0.25, -0.2) is 0 Å². The highest BCUT2D eigenvalue weighted by Gasteiger charge is 2.44. The molecule has 0 saturated carbocycles. The predicted molar refractivity (Wildman–Crippen MR) is 131 cm³/mol. The third kappa shape index (κ3) is 5.11. The first-order valence-corrected chi connectivity index (χ1v) is 13.0. The van der Waals surface area contributed by atoms with Gasteiger partial charge in [0.25, 0.3) is 11.8 Å². The lowest BCUT2D eigenvalue weighted by Crippen LogP contribution is -2.54. The van der Waals surface area contributed by atoms with Gasteiger partial charge < -0.3 is 10.2 Å². The zero-order valence-electron chi connectivity index (χ0n) is 20.3. The molecule has 4 amide bonds. The molecule has 35 heavy (non-hydrogen) atoms. The van der Waals surface area contributed by atoms with Crippen molar-refractivity contribution in [2.75, 3.05) is 50.7 Å². The number of piperidine rings is 2. The average molecular weight is 482 g/mol. The highest BCUT2D eigenvalue weighted by atomic mass is 16.2. The Hall–Kier alpha value is -2.78. The van der Waals surface area contributed by atoms with Crippen LogP contribution in [0.2, 0.25) is 0 Å². The van der Waals surface area contributed by atoms with Crippen LogP contribution in [0, 0.1) is 5.92 Å². The smallest absolute Gasteiger partial charge is 0.262 e. The van der Waals surface area contributed by atoms with E-state index in [4.69, 9.17) is 0 Å². The molecule has 0 radical (unpaired) electrons. The molecule has 9 nitrogen and oxygen atoms in total. The van der Waals surface area contributed by atoms with Crippen LogP contribution in [0.25, 0.3) is 0 Å². The Kier molecular flexibility index (Phi) is 7.15. The third-order valence-electron chi connectivity index (χ3n) is 7.96. The Balaban J connectivity index is 1.13. The maximum atomic E-state index is 13.1. The van der Waals surface area contributed by atoms with Crippen molar-refractivity contribution in [2.45, 2.75) is 51.0 Å². The fourth-order valence-electron chi connectivity index (χ4n) is 5.82. The predicted octanol–water partition coefficient (Wildman–Crippen LogP) is 1.38. The molecular weight excluding hydrogens is 446 g/mol. The number of fused-ring (bicyclic) bond motifs is 1. The molecule has 0 bridgehead atoms. The Morgan fingerprint density at radius 1 is 0.857 bits per heavy atom. The van der Waals surface area contributed by atoms with Crippen molar-refractivity contribution in [1.29, 1.82) is 0 Å². The number of hydrogen-bond acceptors (Lipinski definition) is 7. The first kappa shape index (κ1) is 23.9. The van der Waals surface area contributed by atoms with Crippen LogP contribution in [0.15, 0.2) is 18.2 Å². The number of carbonyl (C=O) groups excluding carboxylic acids is 4. The monoisotopic (exact) mass is 481 g/mol. The molecule has 2 N–H and O–H groups in total. The summed E-state index contributed by atoms with van der Waals surface area (Å²) in [7, 11) is 0. The van der Waals surface area contributed by atoms with Crippen molar-refractivity contribution in [2.24, 2.45) is 5.92 Å². The van der Waals surface area contributed by atoms with Crippen molar-refractivity contribution in [3.63, 3.8) is 0 Å². The van der Waals surface area contributed by atoms with Gasteiger partial charge in [0.1, 0.15) is 6.04 Å². The number of nitrogens with zero attached hydrogens (tertiary/aromatic N) is 3. The molecule has 9 heteroatoms. The molecular formula is C26H35N5O4. The number of amides is 4. The summed E-state index contributed by atoms with van der Waals surface area (Å²) < 4.78 is 0. The Bertz CT molecular complexity index is 997. The number of piperazine rings is 1. The summed E-state index contributed by atoms with van der Waals surface area (Å²) in [6, 6.07) is 4.45. The van der Waals surface area contributed by atoms with E-state index in [0.717, 1.165) is 49.2 Å². The van der Waals surface area contributed by atoms with E-state index in [1.54, 1.807) is 12.1 Å². The van der Waals surface area contributed by atoms with Gasteiger partial charge in [-0.05, 0) is 69.4 Å². The summed E-state index contributed by atoms with van der Waals surface area (Å²) in [4.78, 5) is 55.5. The van der Waals surface area contributed by atoms with E-state index < -0.39 is 23.8 Å². The van der Waals surface area contributed by atoms with Crippen LogP contribution in [0.5, 0.6) is 0 Å². The van der Waals surface area contributed by atoms with Gasteiger partial charge in [0, 0.05) is 38.3 Å². The SMILES string of the molecule is O=C1CCC(N2C(=O)c3ccc(N4CCN(CCCCC5CCNCC5)CC4)cc3C2=O)C(=O)N1. The summed E-state index contributed by atoms with van der Waals surface area (Å²) in [6.45, 7) is 7.21. The van der Waals surface area contributed by atoms with Gasteiger partial charge in [0.05, 0.1) is 11.1 Å². The molecule has 1 aromatic rings. The molecule has 4 aliphatic rings. The summed E-state index contributed by atoms with van der Waals surface area (Å²) in [5.41, 5.74) is 1.61. The zero-order chi connectivity index (χ0) is 24.4. The highest BCUT2D eigenvalue weighted by Crippen LogP contribution is 2.31. The van der Waals surface area contributed by atoms with Crippen molar-refractivity contribution in [3.05, 3.63) is 29.3 Å². The summed E-state index contributed by atoms with van der Waals surface area (Å²) in [6.07, 6.45) is 6.82. The Morgan fingerprint density at radius 3 is 2.34 bits per heavy atom. The van der Waals surface area contributed by atoms with Crippen LogP contribution in [0.4, 0.5) is 5.69 Å². The maximum absolute atomic E-state index is 13.1. The number of nitrogens with one attached hydrogen (secondary N) is 2. The van der Waals surface area contributed by atoms with Crippen molar-refractivity contribution >= 4 is 29.3 Å². The summed E-state index contributed by atoms with van der Waals surface area (Å²) >= 11 is 0. The van der Waals surface area contributed by atoms with Gasteiger partial charge in [-0.1, -0.05) is 12.8 Å². The topological polar surface area (TPSA) is 102 Å². The van der Waals surface area contributed by atoms with E-state index in [-0.39, 0.29) is 18.7 Å². The van der Waals surface area contributed by atoms with E-state index in [9.17, 15) is 19.2 Å². The second-order valence-corrected chi connectivity index (χ2v) is 10.2. The number of hydrogen-bond donors (Lipinski definition) is 2. The molecule has 5 rings (SSSR count). The largest absolute Gasteiger partial charge is 0.369 e. The van der Waals surface area contributed by atoms with Gasteiger partial charge in [-0.3, -0.25) is 34.3 Å². The van der Waals surface area contributed by atoms with Gasteiger partial charge in [-0.15, -0.1) is 0 Å². The fourth-order valence-corrected chi connectivity index (χ4v) is 5.82. The molecule has 1 atom stereocenters. The molecule has 4 aliphatic heterocycles. The number of anilines is 1. The molecule has 0 spiro atoms. The van der Waals surface area contributed by atoms with Gasteiger partial charge in [0.2, 0.25) is 11.8 Å². The van der Waals surface area contributed by atoms with Gasteiger partial charge in [-0.2, -0.15) is 0 Å². The minimum atomic E-state index is -0.929. The zero-order valence-corrected chi connectivity index (χ0v) is 20.3. The quantitative estimate of drug-likeness (QED) is 0.448. The molecule has 188 valence electrons. The number of imide groups is 2. The lowest BCUT2D eigenvalue weighted by Gasteiger charge is -2.36. The lowest BCUT2D eigenvalue weighted by molar-refractivity contribution is -0.136. The fraction of sp³-hybridized carbons (Fsp3) is 0.615. The van der Waals surface area contributed by atoms with Crippen LogP contribution in [-0.2, 0) is 9.59 Å². The molecule has 1 unspecified atom stereocenters. The average Bonchev–Trinajstić information content (AvgIpc) is 3.12. The number of unbranched alkanes of at least 4 members (excludes halogenated alkanes) is 1. The molecule has 3 saturated heterocycles. The van der Waals surface area contributed by atoms with Crippen molar-refractivity contribution in [1.82, 2.24) is 20.4 Å². The summed E-state index contributed by atoms with van der Waals surface area (Å²) in [5.74, 6) is -0.962. The molecule has 4 heterocycles. The second kappa shape index (κ2) is 10.5. The highest BCUT2D eigenvalue weighted by molar-refractivity contribution is 6.23. The van der Waals surface area contributed by atoms with Crippen LogP contribution in [-0.4, -0.2) is 85.3 Å². The van der Waals surface area contributed by atoms with Gasteiger partial charge >= 0.3 is 0 Å². The second-order valence-electron chi connectivity index (χ2n) is 10.2. The Morgan fingerprint density at radius 2 is 1.60 bits per heavy atom.